The minimum absolute atomic E-state index is 0.137. The van der Waals surface area contributed by atoms with Crippen molar-refractivity contribution in [2.24, 2.45) is 0 Å². The van der Waals surface area contributed by atoms with Crippen LogP contribution in [-0.2, 0) is 17.8 Å². The molecular formula is C29H36N4O2. The van der Waals surface area contributed by atoms with E-state index >= 15 is 0 Å². The molecule has 184 valence electrons. The summed E-state index contributed by atoms with van der Waals surface area (Å²) in [4.78, 5) is 12.6. The molecule has 0 amide bonds. The van der Waals surface area contributed by atoms with Gasteiger partial charge in [0, 0.05) is 29.6 Å². The molecule has 0 fully saturated rings. The van der Waals surface area contributed by atoms with Crippen molar-refractivity contribution in [3.05, 3.63) is 106 Å². The molecule has 0 aliphatic rings. The Morgan fingerprint density at radius 2 is 1.86 bits per heavy atom. The number of nitrogens with zero attached hydrogens (tertiary/aromatic N) is 2. The number of anilines is 1. The second-order valence-corrected chi connectivity index (χ2v) is 8.36. The number of allylic oxidation sites excluding steroid dienone is 2. The highest BCUT2D eigenvalue weighted by atomic mass is 16.5. The van der Waals surface area contributed by atoms with Crippen LogP contribution in [0.4, 0.5) is 5.69 Å². The van der Waals surface area contributed by atoms with Crippen molar-refractivity contribution >= 4 is 5.69 Å². The Morgan fingerprint density at radius 1 is 1.06 bits per heavy atom. The summed E-state index contributed by atoms with van der Waals surface area (Å²) in [6, 6.07) is 19.5. The van der Waals surface area contributed by atoms with Crippen LogP contribution in [0.2, 0.25) is 0 Å². The SMILES string of the molecule is C=C(CCC)NCc1cccc(-c2ccc(=O)n(Cc3cccc(NC(=CCC)OCC)c3)n2)c1. The predicted molar refractivity (Wildman–Crippen MR) is 144 cm³/mol. The summed E-state index contributed by atoms with van der Waals surface area (Å²) >= 11 is 0. The smallest absolute Gasteiger partial charge is 0.267 e. The number of rotatable bonds is 13. The highest BCUT2D eigenvalue weighted by Crippen LogP contribution is 2.19. The molecule has 0 aliphatic carbocycles. The summed E-state index contributed by atoms with van der Waals surface area (Å²) in [5.74, 6) is 0.733. The summed E-state index contributed by atoms with van der Waals surface area (Å²) in [6.45, 7) is 11.9. The van der Waals surface area contributed by atoms with Crippen LogP contribution in [0, 0.1) is 0 Å². The van der Waals surface area contributed by atoms with Crippen LogP contribution in [0.5, 0.6) is 0 Å². The number of nitrogens with one attached hydrogen (secondary N) is 2. The first-order valence-corrected chi connectivity index (χ1v) is 12.3. The van der Waals surface area contributed by atoms with Gasteiger partial charge in [-0.05, 0) is 61.2 Å². The standard InChI is InChI=1S/C29H36N4O2/c1-5-10-22(4)30-20-23-12-8-14-25(18-23)27-16-17-29(34)33(32-27)21-24-13-9-15-26(19-24)31-28(11-6-2)35-7-3/h8-9,11-19,30-31H,4-7,10,20-21H2,1-3H3. The van der Waals surface area contributed by atoms with E-state index in [0.29, 0.717) is 19.7 Å². The minimum Gasteiger partial charge on any atom is -0.479 e. The molecule has 1 aromatic heterocycles. The highest BCUT2D eigenvalue weighted by Gasteiger charge is 2.07. The Labute approximate surface area is 208 Å². The van der Waals surface area contributed by atoms with E-state index in [0.717, 1.165) is 58.9 Å². The molecule has 2 N–H and O–H groups in total. The largest absolute Gasteiger partial charge is 0.479 e. The lowest BCUT2D eigenvalue weighted by atomic mass is 10.1. The third kappa shape index (κ3) is 7.88. The van der Waals surface area contributed by atoms with Gasteiger partial charge in [0.2, 0.25) is 0 Å². The fourth-order valence-corrected chi connectivity index (χ4v) is 3.72. The van der Waals surface area contributed by atoms with Crippen LogP contribution in [0.15, 0.2) is 89.7 Å². The van der Waals surface area contributed by atoms with Crippen molar-refractivity contribution in [3.63, 3.8) is 0 Å². The zero-order valence-corrected chi connectivity index (χ0v) is 21.0. The van der Waals surface area contributed by atoms with Crippen LogP contribution in [0.3, 0.4) is 0 Å². The summed E-state index contributed by atoms with van der Waals surface area (Å²) in [5.41, 5.74) is 5.66. The zero-order valence-electron chi connectivity index (χ0n) is 21.0. The van der Waals surface area contributed by atoms with Gasteiger partial charge >= 0.3 is 0 Å². The molecule has 1 heterocycles. The molecule has 6 heteroatoms. The number of aromatic nitrogens is 2. The molecule has 0 atom stereocenters. The third-order valence-electron chi connectivity index (χ3n) is 5.40. The molecule has 0 aliphatic heterocycles. The molecule has 2 aromatic carbocycles. The molecule has 0 bridgehead atoms. The summed E-state index contributed by atoms with van der Waals surface area (Å²) in [5, 5.41) is 11.4. The van der Waals surface area contributed by atoms with E-state index in [4.69, 9.17) is 4.74 Å². The molecule has 3 rings (SSSR count). The Bertz CT molecular complexity index is 1210. The fourth-order valence-electron chi connectivity index (χ4n) is 3.72. The molecule has 0 spiro atoms. The zero-order chi connectivity index (χ0) is 25.0. The maximum absolute atomic E-state index is 12.6. The Kier molecular flexibility index (Phi) is 9.72. The highest BCUT2D eigenvalue weighted by molar-refractivity contribution is 5.59. The van der Waals surface area contributed by atoms with E-state index in [2.05, 4.69) is 48.3 Å². The summed E-state index contributed by atoms with van der Waals surface area (Å²) in [6.07, 6.45) is 4.91. The lowest BCUT2D eigenvalue weighted by Gasteiger charge is -2.13. The van der Waals surface area contributed by atoms with E-state index in [1.54, 1.807) is 12.1 Å². The average molecular weight is 473 g/mol. The van der Waals surface area contributed by atoms with Crippen molar-refractivity contribution in [1.29, 1.82) is 0 Å². The minimum atomic E-state index is -0.137. The number of hydrogen-bond acceptors (Lipinski definition) is 5. The van der Waals surface area contributed by atoms with Crippen molar-refractivity contribution in [2.75, 3.05) is 11.9 Å². The van der Waals surface area contributed by atoms with Crippen molar-refractivity contribution in [1.82, 2.24) is 15.1 Å². The Hall–Kier alpha value is -3.80. The Balaban J connectivity index is 1.77. The normalized spacial score (nSPS) is 11.2. The second kappa shape index (κ2) is 13.2. The summed E-state index contributed by atoms with van der Waals surface area (Å²) < 4.78 is 7.16. The van der Waals surface area contributed by atoms with E-state index < -0.39 is 0 Å². The van der Waals surface area contributed by atoms with Gasteiger partial charge in [0.15, 0.2) is 5.88 Å². The third-order valence-corrected chi connectivity index (χ3v) is 5.40. The molecule has 0 saturated carbocycles. The topological polar surface area (TPSA) is 68.2 Å². The molecular weight excluding hydrogens is 436 g/mol. The van der Waals surface area contributed by atoms with Gasteiger partial charge in [-0.2, -0.15) is 5.10 Å². The van der Waals surface area contributed by atoms with Gasteiger partial charge < -0.3 is 15.4 Å². The van der Waals surface area contributed by atoms with Crippen LogP contribution in [0.25, 0.3) is 11.3 Å². The van der Waals surface area contributed by atoms with E-state index in [9.17, 15) is 4.79 Å². The molecule has 0 radical (unpaired) electrons. The predicted octanol–water partition coefficient (Wildman–Crippen LogP) is 6.06. The van der Waals surface area contributed by atoms with Gasteiger partial charge in [0.25, 0.3) is 5.56 Å². The average Bonchev–Trinajstić information content (AvgIpc) is 2.85. The van der Waals surface area contributed by atoms with Gasteiger partial charge in [-0.15, -0.1) is 0 Å². The first kappa shape index (κ1) is 25.8. The van der Waals surface area contributed by atoms with E-state index in [1.807, 2.05) is 49.4 Å². The maximum atomic E-state index is 12.6. The first-order valence-electron chi connectivity index (χ1n) is 12.3. The monoisotopic (exact) mass is 472 g/mol. The van der Waals surface area contributed by atoms with E-state index in [1.165, 1.54) is 4.68 Å². The maximum Gasteiger partial charge on any atom is 0.267 e. The first-order chi connectivity index (χ1) is 17.0. The molecule has 35 heavy (non-hydrogen) atoms. The molecule has 0 saturated heterocycles. The quantitative estimate of drug-likeness (QED) is 0.296. The number of benzene rings is 2. The fraction of sp³-hybridized carbons (Fsp3) is 0.310. The van der Waals surface area contributed by atoms with Crippen LogP contribution in [0.1, 0.15) is 51.2 Å². The van der Waals surface area contributed by atoms with Gasteiger partial charge in [-0.1, -0.05) is 57.2 Å². The Morgan fingerprint density at radius 3 is 2.63 bits per heavy atom. The van der Waals surface area contributed by atoms with E-state index in [-0.39, 0.29) is 5.56 Å². The molecule has 0 unspecified atom stereocenters. The van der Waals surface area contributed by atoms with Gasteiger partial charge in [-0.3, -0.25) is 4.79 Å². The lowest BCUT2D eigenvalue weighted by molar-refractivity contribution is 0.233. The number of ether oxygens (including phenoxy) is 1. The second-order valence-electron chi connectivity index (χ2n) is 8.36. The van der Waals surface area contributed by atoms with Crippen LogP contribution < -0.4 is 16.2 Å². The van der Waals surface area contributed by atoms with Crippen molar-refractivity contribution in [3.8, 4) is 11.3 Å². The molecule has 6 nitrogen and oxygen atoms in total. The summed E-state index contributed by atoms with van der Waals surface area (Å²) in [7, 11) is 0. The number of hydrogen-bond donors (Lipinski definition) is 2. The van der Waals surface area contributed by atoms with Crippen molar-refractivity contribution < 1.29 is 4.74 Å². The van der Waals surface area contributed by atoms with Gasteiger partial charge in [-0.25, -0.2) is 4.68 Å². The lowest BCUT2D eigenvalue weighted by Crippen LogP contribution is -2.23. The van der Waals surface area contributed by atoms with Crippen molar-refractivity contribution in [2.45, 2.75) is 53.1 Å². The van der Waals surface area contributed by atoms with Crippen LogP contribution >= 0.6 is 0 Å². The van der Waals surface area contributed by atoms with Crippen LogP contribution in [-0.4, -0.2) is 16.4 Å². The van der Waals surface area contributed by atoms with Gasteiger partial charge in [0.05, 0.1) is 18.8 Å². The molecule has 3 aromatic rings. The van der Waals surface area contributed by atoms with Gasteiger partial charge in [0.1, 0.15) is 0 Å².